The maximum atomic E-state index is 13.8. The third-order valence-electron chi connectivity index (χ3n) is 15.1. The van der Waals surface area contributed by atoms with Crippen LogP contribution in [0.5, 0.6) is 28.7 Å². The number of allylic oxidation sites excluding steroid dienone is 2. The smallest absolute Gasteiger partial charge is 0.245 e. The second kappa shape index (κ2) is 26.5. The molecule has 0 spiro atoms. The lowest BCUT2D eigenvalue weighted by Crippen LogP contribution is -2.63. The molecule has 3 saturated heterocycles. The Morgan fingerprint density at radius 2 is 1.59 bits per heavy atom. The van der Waals surface area contributed by atoms with E-state index in [1.54, 1.807) is 44.9 Å². The molecule has 18 nitrogen and oxygen atoms in total. The van der Waals surface area contributed by atoms with Crippen LogP contribution in [-0.2, 0) is 38.1 Å². The van der Waals surface area contributed by atoms with E-state index in [1.165, 1.54) is 11.8 Å². The molecule has 2 aliphatic carbocycles. The number of Topliss-reactive ketones (excluding diaryl/α,β-unsaturated/α-hetero) is 1. The molecule has 74 heavy (non-hydrogen) atoms. The first-order chi connectivity index (χ1) is 35.6. The van der Waals surface area contributed by atoms with E-state index < -0.39 is 55.1 Å². The minimum Gasteiger partial charge on any atom is -0.493 e. The lowest BCUT2D eigenvalue weighted by molar-refractivity contribution is -0.364. The summed E-state index contributed by atoms with van der Waals surface area (Å²) >= 11 is 3.11. The van der Waals surface area contributed by atoms with Gasteiger partial charge in [0.2, 0.25) is 24.4 Å². The third kappa shape index (κ3) is 12.6. The van der Waals surface area contributed by atoms with Crippen LogP contribution in [0.3, 0.4) is 0 Å². The molecule has 0 aromatic heterocycles. The molecule has 412 valence electrons. The van der Waals surface area contributed by atoms with Crippen LogP contribution in [0.15, 0.2) is 36.4 Å². The van der Waals surface area contributed by atoms with E-state index >= 15 is 0 Å². The lowest BCUT2D eigenvalue weighted by atomic mass is 9.66. The van der Waals surface area contributed by atoms with Crippen LogP contribution < -0.4 is 29.0 Å². The molecule has 2 amide bonds. The van der Waals surface area contributed by atoms with Gasteiger partial charge in [-0.2, -0.15) is 0 Å². The highest BCUT2D eigenvalue weighted by atomic mass is 32.2. The highest BCUT2D eigenvalue weighted by Gasteiger charge is 2.55. The first kappa shape index (κ1) is 57.9. The number of nitrogens with zero attached hydrogens (tertiary/aromatic N) is 2. The molecule has 4 heterocycles. The Hall–Kier alpha value is -3.83. The summed E-state index contributed by atoms with van der Waals surface area (Å²) < 4.78 is 59.2. The first-order valence-corrected chi connectivity index (χ1v) is 28.6. The van der Waals surface area contributed by atoms with Crippen LogP contribution in [0, 0.1) is 23.7 Å². The van der Waals surface area contributed by atoms with Crippen molar-refractivity contribution in [1.82, 2.24) is 15.1 Å². The molecule has 4 aliphatic heterocycles. The van der Waals surface area contributed by atoms with Crippen molar-refractivity contribution in [2.75, 3.05) is 79.2 Å². The molecule has 2 aromatic carbocycles. The number of ketones is 1. The van der Waals surface area contributed by atoms with Gasteiger partial charge in [-0.1, -0.05) is 32.9 Å². The van der Waals surface area contributed by atoms with Gasteiger partial charge in [0.05, 0.1) is 45.0 Å². The minimum absolute atomic E-state index is 0.0134. The molecule has 10 unspecified atom stereocenters. The lowest BCUT2D eigenvalue weighted by Gasteiger charge is -2.48. The maximum absolute atomic E-state index is 13.8. The van der Waals surface area contributed by atoms with Crippen LogP contribution in [0.4, 0.5) is 0 Å². The molecule has 0 bridgehead atoms. The summed E-state index contributed by atoms with van der Waals surface area (Å²) in [7, 11) is 6.91. The van der Waals surface area contributed by atoms with E-state index in [0.29, 0.717) is 60.0 Å². The van der Waals surface area contributed by atoms with Crippen molar-refractivity contribution in [3.8, 4) is 28.7 Å². The summed E-state index contributed by atoms with van der Waals surface area (Å²) in [4.78, 5) is 44.3. The fourth-order valence-corrected chi connectivity index (χ4v) is 12.0. The number of carbonyl (C=O) groups excluding carboxylic acids is 3. The number of rotatable bonds is 16. The fourth-order valence-electron chi connectivity index (χ4n) is 11.4. The predicted octanol–water partition coefficient (Wildman–Crippen LogP) is 6.13. The average Bonchev–Trinajstić information content (AvgIpc) is 4.02. The molecule has 1 saturated carbocycles. The molecule has 3 N–H and O–H groups in total. The molecular formula is C54H79N3O15S2. The monoisotopic (exact) mass is 1070 g/mol. The topological polar surface area (TPSA) is 202 Å². The SMILES string of the molecule is C/C=C/CC(C)C(OCSC)C1C(=O)NCCCCN(C)C(C(C)C)C(=O)N1C.COc1cc([C@@H]2c3cc4c(cc3C(OC3O[C@@H]5COC(C)OC5C(O)C3O)[C@H]3CCC(=O)[C@H]23)OCO4)cc(OC)c1OCSC. The number of ether oxygens (including phenoxy) is 10. The number of thioether (sulfide) groups is 2. The molecule has 8 rings (SSSR count). The number of amides is 2. The normalized spacial score (nSPS) is 31.1. The Morgan fingerprint density at radius 1 is 0.905 bits per heavy atom. The summed E-state index contributed by atoms with van der Waals surface area (Å²) in [6, 6.07) is 6.70. The van der Waals surface area contributed by atoms with Crippen molar-refractivity contribution >= 4 is 41.1 Å². The van der Waals surface area contributed by atoms with Gasteiger partial charge in [-0.3, -0.25) is 19.3 Å². The third-order valence-corrected chi connectivity index (χ3v) is 15.8. The van der Waals surface area contributed by atoms with E-state index in [9.17, 15) is 24.6 Å². The number of likely N-dealkylation sites (N-methyl/N-ethyl adjacent to an activating group) is 2. The summed E-state index contributed by atoms with van der Waals surface area (Å²) in [6.07, 6.45) is 4.85. The Morgan fingerprint density at radius 3 is 2.24 bits per heavy atom. The van der Waals surface area contributed by atoms with Gasteiger partial charge in [0.25, 0.3) is 0 Å². The summed E-state index contributed by atoms with van der Waals surface area (Å²) in [5.41, 5.74) is 2.43. The highest BCUT2D eigenvalue weighted by Crippen LogP contribution is 2.59. The zero-order valence-corrected chi connectivity index (χ0v) is 46.4. The molecule has 0 radical (unpaired) electrons. The van der Waals surface area contributed by atoms with Gasteiger partial charge in [-0.15, -0.1) is 23.5 Å². The van der Waals surface area contributed by atoms with E-state index in [-0.39, 0.29) is 66.8 Å². The molecule has 6 aliphatic rings. The second-order valence-electron chi connectivity index (χ2n) is 20.3. The van der Waals surface area contributed by atoms with Crippen molar-refractivity contribution in [1.29, 1.82) is 0 Å². The van der Waals surface area contributed by atoms with Gasteiger partial charge in [0, 0.05) is 37.8 Å². The number of hydrogen-bond donors (Lipinski definition) is 3. The quantitative estimate of drug-likeness (QED) is 0.128. The first-order valence-electron chi connectivity index (χ1n) is 25.8. The van der Waals surface area contributed by atoms with Crippen molar-refractivity contribution in [3.05, 3.63) is 53.1 Å². The van der Waals surface area contributed by atoms with E-state index in [4.69, 9.17) is 47.4 Å². The van der Waals surface area contributed by atoms with Crippen molar-refractivity contribution in [2.24, 2.45) is 23.7 Å². The van der Waals surface area contributed by atoms with Crippen LogP contribution >= 0.6 is 23.5 Å². The number of hydrogen-bond acceptors (Lipinski definition) is 18. The number of aliphatic hydroxyl groups is 2. The van der Waals surface area contributed by atoms with E-state index in [2.05, 4.69) is 37.1 Å². The van der Waals surface area contributed by atoms with Gasteiger partial charge in [-0.05, 0) is 118 Å². The Kier molecular flexibility index (Phi) is 20.7. The van der Waals surface area contributed by atoms with Crippen molar-refractivity contribution < 1.29 is 72.0 Å². The van der Waals surface area contributed by atoms with Crippen molar-refractivity contribution in [2.45, 2.75) is 134 Å². The zero-order valence-electron chi connectivity index (χ0n) is 44.8. The van der Waals surface area contributed by atoms with Crippen molar-refractivity contribution in [3.63, 3.8) is 0 Å². The van der Waals surface area contributed by atoms with Crippen LogP contribution in [0.25, 0.3) is 0 Å². The number of aliphatic hydroxyl groups excluding tert-OH is 2. The molecule has 20 heteroatoms. The zero-order chi connectivity index (χ0) is 53.4. The van der Waals surface area contributed by atoms with E-state index in [1.807, 2.05) is 56.8 Å². The van der Waals surface area contributed by atoms with Gasteiger partial charge >= 0.3 is 0 Å². The Labute approximate surface area is 445 Å². The average molecular weight is 1070 g/mol. The molecule has 2 aromatic rings. The number of nitrogens with one attached hydrogen (secondary N) is 1. The van der Waals surface area contributed by atoms with Gasteiger partial charge in [-0.25, -0.2) is 0 Å². The Balaban J connectivity index is 0.000000240. The number of carbonyl (C=O) groups is 3. The summed E-state index contributed by atoms with van der Waals surface area (Å²) in [5.74, 6) is 2.63. The van der Waals surface area contributed by atoms with Gasteiger partial charge in [0.1, 0.15) is 42.2 Å². The standard InChI is InChI=1S/C32H38O12S.C22H41N3O3S/c1-14-38-11-24-31(42-14)27(34)28(35)32(43-24)44-29-16-5-6-19(33)26(16)25(17-9-20-21(10-18(17)29)40-12-39-20)15-7-22(36-2)30(41-13-45-4)23(8-15)37-3;1-8-9-12-17(4)20(28-15-29-7)19-21(26)23-13-10-11-14-24(5)18(16(2)3)22(27)25(19)6/h7-10,14,16,24-29,31-32,34-35H,5-6,11-13H2,1-4H3;8-9,16-20H,10-15H2,1-7H3,(H,23,26)/b;9-8+/t14?,16-,24+,25+,26+,27?,28?,29?,31?,32?;/m0./s1. The maximum Gasteiger partial charge on any atom is 0.245 e. The predicted molar refractivity (Wildman–Crippen MR) is 281 cm³/mol. The number of benzene rings is 2. The molecular weight excluding hydrogens is 995 g/mol. The number of fused-ring (bicyclic) bond motifs is 4. The minimum atomic E-state index is -1.38. The summed E-state index contributed by atoms with van der Waals surface area (Å²) in [6.45, 7) is 11.7. The Bertz CT molecular complexity index is 2230. The highest BCUT2D eigenvalue weighted by molar-refractivity contribution is 7.98. The molecule has 4 fully saturated rings. The van der Waals surface area contributed by atoms with Crippen LogP contribution in [0.2, 0.25) is 0 Å². The molecule has 14 atom stereocenters. The van der Waals surface area contributed by atoms with Crippen LogP contribution in [-0.4, -0.2) is 172 Å². The van der Waals surface area contributed by atoms with Crippen LogP contribution in [0.1, 0.15) is 95.4 Å². The van der Waals surface area contributed by atoms with E-state index in [0.717, 1.165) is 42.5 Å². The fraction of sp³-hybridized carbons (Fsp3) is 0.685. The van der Waals surface area contributed by atoms with Gasteiger partial charge in [0.15, 0.2) is 35.6 Å². The summed E-state index contributed by atoms with van der Waals surface area (Å²) in [5, 5.41) is 25.2. The number of methoxy groups -OCH3 is 2. The largest absolute Gasteiger partial charge is 0.493 e. The van der Waals surface area contributed by atoms with Gasteiger partial charge < -0.3 is 67.8 Å². The second-order valence-corrected chi connectivity index (χ2v) is 21.9.